The van der Waals surface area contributed by atoms with Gasteiger partial charge in [-0.05, 0) is 20.8 Å². The zero-order valence-corrected chi connectivity index (χ0v) is 11.4. The van der Waals surface area contributed by atoms with E-state index in [1.807, 2.05) is 6.92 Å². The van der Waals surface area contributed by atoms with Crippen molar-refractivity contribution in [1.82, 2.24) is 25.0 Å². The lowest BCUT2D eigenvalue weighted by Crippen LogP contribution is -2.46. The molecule has 1 fully saturated rings. The van der Waals surface area contributed by atoms with Crippen molar-refractivity contribution in [3.8, 4) is 0 Å². The van der Waals surface area contributed by atoms with E-state index in [4.69, 9.17) is 4.74 Å². The fraction of sp³-hybridized carbons (Fsp3) is 0.667. The number of rotatable bonds is 2. The van der Waals surface area contributed by atoms with E-state index in [1.165, 1.54) is 0 Å². The van der Waals surface area contributed by atoms with Crippen LogP contribution >= 0.6 is 0 Å². The van der Waals surface area contributed by atoms with E-state index >= 15 is 0 Å². The van der Waals surface area contributed by atoms with Crippen molar-refractivity contribution < 1.29 is 4.74 Å². The van der Waals surface area contributed by atoms with E-state index in [2.05, 4.69) is 39.0 Å². The summed E-state index contributed by atoms with van der Waals surface area (Å²) < 4.78 is 7.54. The van der Waals surface area contributed by atoms with Gasteiger partial charge in [0.15, 0.2) is 17.0 Å². The Kier molecular flexibility index (Phi) is 3.06. The second kappa shape index (κ2) is 4.73. The Labute approximate surface area is 111 Å². The van der Waals surface area contributed by atoms with Crippen molar-refractivity contribution >= 4 is 17.0 Å². The normalized spacial score (nSPS) is 24.1. The third-order valence-corrected chi connectivity index (χ3v) is 3.30. The van der Waals surface area contributed by atoms with Crippen LogP contribution < -0.4 is 4.90 Å². The molecule has 3 heterocycles. The second-order valence-corrected chi connectivity index (χ2v) is 4.94. The predicted octanol–water partition coefficient (Wildman–Crippen LogP) is 0.855. The minimum Gasteiger partial charge on any atom is -0.372 e. The van der Waals surface area contributed by atoms with Crippen molar-refractivity contribution in [3.05, 3.63) is 6.33 Å². The summed E-state index contributed by atoms with van der Waals surface area (Å²) >= 11 is 0. The molecule has 7 nitrogen and oxygen atoms in total. The minimum atomic E-state index is 0.190. The zero-order valence-electron chi connectivity index (χ0n) is 11.4. The van der Waals surface area contributed by atoms with E-state index < -0.39 is 0 Å². The van der Waals surface area contributed by atoms with Gasteiger partial charge in [0.2, 0.25) is 0 Å². The summed E-state index contributed by atoms with van der Waals surface area (Å²) in [7, 11) is 0. The Morgan fingerprint density at radius 3 is 2.68 bits per heavy atom. The van der Waals surface area contributed by atoms with Crippen molar-refractivity contribution in [2.24, 2.45) is 0 Å². The van der Waals surface area contributed by atoms with Crippen LogP contribution in [-0.4, -0.2) is 50.3 Å². The molecule has 102 valence electrons. The first-order chi connectivity index (χ1) is 9.19. The van der Waals surface area contributed by atoms with Gasteiger partial charge in [0.25, 0.3) is 0 Å². The fourth-order valence-electron chi connectivity index (χ4n) is 2.58. The summed E-state index contributed by atoms with van der Waals surface area (Å²) in [5.74, 6) is 0.853. The average molecular weight is 262 g/mol. The standard InChI is InChI=1S/C12H18N6O/c1-4-18-12-10(15-16-18)11(13-7-14-12)17-5-8(2)19-9(3)6-17/h7-9H,4-6H2,1-3H3/t8-,9-/m1/s1. The highest BCUT2D eigenvalue weighted by atomic mass is 16.5. The number of aryl methyl sites for hydroxylation is 1. The molecular formula is C12H18N6O. The lowest BCUT2D eigenvalue weighted by molar-refractivity contribution is -0.00538. The highest BCUT2D eigenvalue weighted by Crippen LogP contribution is 2.23. The molecule has 19 heavy (non-hydrogen) atoms. The third-order valence-electron chi connectivity index (χ3n) is 3.30. The molecule has 2 atom stereocenters. The van der Waals surface area contributed by atoms with Gasteiger partial charge >= 0.3 is 0 Å². The van der Waals surface area contributed by atoms with Crippen LogP contribution in [0, 0.1) is 0 Å². The van der Waals surface area contributed by atoms with Crippen molar-refractivity contribution in [1.29, 1.82) is 0 Å². The van der Waals surface area contributed by atoms with E-state index in [-0.39, 0.29) is 12.2 Å². The molecule has 0 aromatic carbocycles. The van der Waals surface area contributed by atoms with E-state index in [0.717, 1.165) is 36.6 Å². The molecule has 0 N–H and O–H groups in total. The van der Waals surface area contributed by atoms with Crippen molar-refractivity contribution in [2.75, 3.05) is 18.0 Å². The molecule has 0 spiro atoms. The van der Waals surface area contributed by atoms with Crippen LogP contribution in [0.1, 0.15) is 20.8 Å². The Bertz CT molecular complexity index is 573. The molecule has 0 bridgehead atoms. The van der Waals surface area contributed by atoms with Gasteiger partial charge in [0, 0.05) is 19.6 Å². The number of nitrogens with zero attached hydrogens (tertiary/aromatic N) is 6. The number of morpholine rings is 1. The first kappa shape index (κ1) is 12.3. The molecule has 1 aliphatic heterocycles. The van der Waals surface area contributed by atoms with Gasteiger partial charge in [-0.1, -0.05) is 5.21 Å². The van der Waals surface area contributed by atoms with Crippen LogP contribution in [0.25, 0.3) is 11.2 Å². The van der Waals surface area contributed by atoms with Crippen LogP contribution in [-0.2, 0) is 11.3 Å². The van der Waals surface area contributed by atoms with E-state index in [1.54, 1.807) is 11.0 Å². The van der Waals surface area contributed by atoms with E-state index in [9.17, 15) is 0 Å². The SMILES string of the molecule is CCn1nnc2c(N3C[C@@H](C)O[C@H](C)C3)ncnc21. The number of hydrogen-bond donors (Lipinski definition) is 0. The van der Waals surface area contributed by atoms with Gasteiger partial charge in [-0.25, -0.2) is 14.6 Å². The molecule has 2 aromatic rings. The maximum atomic E-state index is 5.75. The molecule has 3 rings (SSSR count). The third kappa shape index (κ3) is 2.14. The quantitative estimate of drug-likeness (QED) is 0.799. The molecule has 7 heteroatoms. The maximum Gasteiger partial charge on any atom is 0.183 e. The topological polar surface area (TPSA) is 69.0 Å². The van der Waals surface area contributed by atoms with Gasteiger partial charge in [0.05, 0.1) is 12.2 Å². The Morgan fingerprint density at radius 1 is 1.26 bits per heavy atom. The largest absolute Gasteiger partial charge is 0.372 e. The fourth-order valence-corrected chi connectivity index (χ4v) is 2.58. The number of ether oxygens (including phenoxy) is 1. The summed E-state index contributed by atoms with van der Waals surface area (Å²) in [6.07, 6.45) is 1.96. The molecule has 2 aromatic heterocycles. The first-order valence-corrected chi connectivity index (χ1v) is 6.63. The highest BCUT2D eigenvalue weighted by Gasteiger charge is 2.25. The molecular weight excluding hydrogens is 244 g/mol. The van der Waals surface area contributed by atoms with Crippen LogP contribution in [0.3, 0.4) is 0 Å². The minimum absolute atomic E-state index is 0.190. The summed E-state index contributed by atoms with van der Waals surface area (Å²) in [4.78, 5) is 10.9. The molecule has 0 unspecified atom stereocenters. The highest BCUT2D eigenvalue weighted by molar-refractivity contribution is 5.82. The number of fused-ring (bicyclic) bond motifs is 1. The summed E-state index contributed by atoms with van der Waals surface area (Å²) in [6, 6.07) is 0. The van der Waals surface area contributed by atoms with Gasteiger partial charge < -0.3 is 9.64 Å². The average Bonchev–Trinajstić information content (AvgIpc) is 2.80. The predicted molar refractivity (Wildman–Crippen MR) is 71.0 cm³/mol. The van der Waals surface area contributed by atoms with Crippen LogP contribution in [0.15, 0.2) is 6.33 Å². The van der Waals surface area contributed by atoms with Gasteiger partial charge in [-0.2, -0.15) is 0 Å². The summed E-state index contributed by atoms with van der Waals surface area (Å²) in [5, 5.41) is 8.33. The molecule has 1 aliphatic rings. The summed E-state index contributed by atoms with van der Waals surface area (Å²) in [6.45, 7) is 8.55. The van der Waals surface area contributed by atoms with Crippen molar-refractivity contribution in [2.45, 2.75) is 39.5 Å². The lowest BCUT2D eigenvalue weighted by atomic mass is 10.2. The molecule has 0 radical (unpaired) electrons. The zero-order chi connectivity index (χ0) is 13.4. The Morgan fingerprint density at radius 2 is 2.00 bits per heavy atom. The van der Waals surface area contributed by atoms with Crippen LogP contribution in [0.2, 0.25) is 0 Å². The van der Waals surface area contributed by atoms with Gasteiger partial charge in [0.1, 0.15) is 6.33 Å². The smallest absolute Gasteiger partial charge is 0.183 e. The lowest BCUT2D eigenvalue weighted by Gasteiger charge is -2.35. The second-order valence-electron chi connectivity index (χ2n) is 4.94. The van der Waals surface area contributed by atoms with Crippen LogP contribution in [0.5, 0.6) is 0 Å². The number of hydrogen-bond acceptors (Lipinski definition) is 6. The summed E-state index contributed by atoms with van der Waals surface area (Å²) in [5.41, 5.74) is 1.56. The van der Waals surface area contributed by atoms with Gasteiger partial charge in [-0.15, -0.1) is 5.10 Å². The molecule has 0 amide bonds. The molecule has 1 saturated heterocycles. The van der Waals surface area contributed by atoms with E-state index in [0.29, 0.717) is 0 Å². The Balaban J connectivity index is 2.02. The van der Waals surface area contributed by atoms with Gasteiger partial charge in [-0.3, -0.25) is 0 Å². The maximum absolute atomic E-state index is 5.75. The number of anilines is 1. The molecule has 0 aliphatic carbocycles. The first-order valence-electron chi connectivity index (χ1n) is 6.63. The Hall–Kier alpha value is -1.76. The monoisotopic (exact) mass is 262 g/mol. The molecule has 0 saturated carbocycles. The number of aromatic nitrogens is 5. The van der Waals surface area contributed by atoms with Crippen LogP contribution in [0.4, 0.5) is 5.82 Å². The van der Waals surface area contributed by atoms with Crippen molar-refractivity contribution in [3.63, 3.8) is 0 Å².